The average molecular weight is 679 g/mol. The first kappa shape index (κ1) is 34.5. The quantitative estimate of drug-likeness (QED) is 0.0644. The molecule has 1 unspecified atom stereocenters. The molecule has 6 aromatic rings. The second kappa shape index (κ2) is 15.9. The summed E-state index contributed by atoms with van der Waals surface area (Å²) >= 11 is 3.48. The first-order chi connectivity index (χ1) is 24.0. The van der Waals surface area contributed by atoms with Crippen LogP contribution in [-0.4, -0.2) is 29.5 Å². The maximum atomic E-state index is 14.0. The van der Waals surface area contributed by atoms with Gasteiger partial charge >= 0.3 is 0 Å². The van der Waals surface area contributed by atoms with Gasteiger partial charge in [0.05, 0.1) is 9.49 Å². The summed E-state index contributed by atoms with van der Waals surface area (Å²) in [6.45, 7) is 2.36. The predicted octanol–water partition coefficient (Wildman–Crippen LogP) is 9.27. The highest BCUT2D eigenvalue weighted by atomic mass is 32.2. The Kier molecular flexibility index (Phi) is 11.2. The number of hydrogen-bond donors (Lipinski definition) is 2. The molecular formula is C44H42N2OS2. The molecule has 1 atom stereocenters. The van der Waals surface area contributed by atoms with Gasteiger partial charge in [-0.1, -0.05) is 182 Å². The van der Waals surface area contributed by atoms with Gasteiger partial charge in [0.15, 0.2) is 5.78 Å². The van der Waals surface area contributed by atoms with Crippen molar-refractivity contribution in [3.63, 3.8) is 0 Å². The SMILES string of the molecule is CC(=O)C(CN)(NCCSC(c1ccccc1)(c1ccccc1)c1ccccc1)SC(c1ccccc1)(c1ccccc1)c1ccccc1. The third-order valence-electron chi connectivity index (χ3n) is 9.10. The monoisotopic (exact) mass is 678 g/mol. The third kappa shape index (κ3) is 7.03. The molecule has 49 heavy (non-hydrogen) atoms. The molecule has 0 radical (unpaired) electrons. The van der Waals surface area contributed by atoms with Crippen LogP contribution in [0.5, 0.6) is 0 Å². The molecule has 246 valence electrons. The lowest BCUT2D eigenvalue weighted by Crippen LogP contribution is -2.57. The highest BCUT2D eigenvalue weighted by Gasteiger charge is 2.47. The number of Topliss-reactive ketones (excluding diaryl/α,β-unsaturated/α-hetero) is 1. The zero-order chi connectivity index (χ0) is 34.0. The number of nitrogens with one attached hydrogen (secondary N) is 1. The van der Waals surface area contributed by atoms with E-state index in [-0.39, 0.29) is 12.3 Å². The Morgan fingerprint density at radius 1 is 0.510 bits per heavy atom. The highest BCUT2D eigenvalue weighted by Crippen LogP contribution is 2.53. The van der Waals surface area contributed by atoms with Gasteiger partial charge in [0.1, 0.15) is 4.87 Å². The fraction of sp³-hybridized carbons (Fsp3) is 0.159. The Morgan fingerprint density at radius 3 is 1.06 bits per heavy atom. The largest absolute Gasteiger partial charge is 0.328 e. The van der Waals surface area contributed by atoms with Gasteiger partial charge in [0.2, 0.25) is 0 Å². The van der Waals surface area contributed by atoms with Gasteiger partial charge in [-0.05, 0) is 40.3 Å². The van der Waals surface area contributed by atoms with Gasteiger partial charge in [0, 0.05) is 18.8 Å². The summed E-state index contributed by atoms with van der Waals surface area (Å²) < 4.78 is -1.17. The summed E-state index contributed by atoms with van der Waals surface area (Å²) in [6.07, 6.45) is 0. The molecule has 5 heteroatoms. The van der Waals surface area contributed by atoms with Gasteiger partial charge in [-0.3, -0.25) is 10.1 Å². The average Bonchev–Trinajstić information content (AvgIpc) is 3.18. The van der Waals surface area contributed by atoms with Gasteiger partial charge in [-0.25, -0.2) is 0 Å². The second-order valence-corrected chi connectivity index (χ2v) is 14.8. The fourth-order valence-corrected chi connectivity index (χ4v) is 9.78. The van der Waals surface area contributed by atoms with E-state index in [1.165, 1.54) is 16.7 Å². The molecular weight excluding hydrogens is 637 g/mol. The minimum absolute atomic E-state index is 0.00221. The lowest BCUT2D eigenvalue weighted by Gasteiger charge is -2.43. The van der Waals surface area contributed by atoms with Gasteiger partial charge in [0.25, 0.3) is 0 Å². The normalized spacial score (nSPS) is 13.0. The smallest absolute Gasteiger partial charge is 0.161 e. The van der Waals surface area contributed by atoms with Crippen LogP contribution in [0.15, 0.2) is 182 Å². The molecule has 0 aliphatic carbocycles. The summed E-state index contributed by atoms with van der Waals surface area (Å²) in [4.78, 5) is 12.9. The predicted molar refractivity (Wildman–Crippen MR) is 209 cm³/mol. The van der Waals surface area contributed by atoms with E-state index >= 15 is 0 Å². The Balaban J connectivity index is 1.39. The van der Waals surface area contributed by atoms with E-state index in [1.807, 2.05) is 30.0 Å². The fourth-order valence-electron chi connectivity index (χ4n) is 6.67. The van der Waals surface area contributed by atoms with Crippen molar-refractivity contribution >= 4 is 29.3 Å². The van der Waals surface area contributed by atoms with E-state index in [9.17, 15) is 4.79 Å². The summed E-state index contributed by atoms with van der Waals surface area (Å²) in [5.41, 5.74) is 13.6. The Labute approximate surface area is 299 Å². The lowest BCUT2D eigenvalue weighted by molar-refractivity contribution is -0.119. The number of carbonyl (C=O) groups is 1. The number of rotatable bonds is 15. The summed E-state index contributed by atoms with van der Waals surface area (Å²) in [6, 6.07) is 63.5. The molecule has 6 rings (SSSR count). The standard InChI is InChI=1S/C44H42N2OS2/c1-35(47)42(34-45,49-44(39-26-14-5-15-27-39,40-28-16-6-17-29-40)41-30-18-7-19-31-41)46-32-33-48-43(36-20-8-2-9-21-36,37-22-10-3-11-23-37)38-24-12-4-13-25-38/h2-31,46H,32-34,45H2,1H3. The maximum absolute atomic E-state index is 14.0. The Morgan fingerprint density at radius 2 is 0.796 bits per heavy atom. The van der Waals surface area contributed by atoms with Crippen LogP contribution in [0.25, 0.3) is 0 Å². The van der Waals surface area contributed by atoms with Crippen molar-refractivity contribution in [2.45, 2.75) is 21.3 Å². The minimum atomic E-state index is -1.07. The lowest BCUT2D eigenvalue weighted by atomic mass is 9.84. The van der Waals surface area contributed by atoms with Crippen molar-refractivity contribution in [2.24, 2.45) is 5.73 Å². The highest BCUT2D eigenvalue weighted by molar-refractivity contribution is 8.02. The Hall–Kier alpha value is -4.39. The number of carbonyl (C=O) groups excluding carboxylic acids is 1. The van der Waals surface area contributed by atoms with Crippen molar-refractivity contribution in [3.05, 3.63) is 215 Å². The first-order valence-electron chi connectivity index (χ1n) is 16.7. The van der Waals surface area contributed by atoms with Crippen LogP contribution in [-0.2, 0) is 14.3 Å². The Bertz CT molecular complexity index is 1700. The molecule has 3 N–H and O–H groups in total. The topological polar surface area (TPSA) is 55.1 Å². The number of ketones is 1. The maximum Gasteiger partial charge on any atom is 0.161 e. The van der Waals surface area contributed by atoms with Crippen molar-refractivity contribution < 1.29 is 4.79 Å². The molecule has 0 aliphatic heterocycles. The van der Waals surface area contributed by atoms with E-state index in [0.29, 0.717) is 6.54 Å². The van der Waals surface area contributed by atoms with Gasteiger partial charge < -0.3 is 5.73 Å². The second-order valence-electron chi connectivity index (χ2n) is 12.0. The third-order valence-corrected chi connectivity index (χ3v) is 12.6. The molecule has 0 saturated carbocycles. The molecule has 0 aromatic heterocycles. The summed E-state index contributed by atoms with van der Waals surface area (Å²) in [5, 5.41) is 3.74. The zero-order valence-electron chi connectivity index (χ0n) is 27.7. The van der Waals surface area contributed by atoms with Crippen LogP contribution in [0.3, 0.4) is 0 Å². The summed E-state index contributed by atoms with van der Waals surface area (Å²) in [7, 11) is 0. The molecule has 0 amide bonds. The van der Waals surface area contributed by atoms with Crippen LogP contribution in [0.1, 0.15) is 40.3 Å². The molecule has 0 spiro atoms. The molecule has 0 bridgehead atoms. The number of nitrogens with two attached hydrogens (primary N) is 1. The molecule has 0 saturated heterocycles. The van der Waals surface area contributed by atoms with E-state index in [1.54, 1.807) is 18.7 Å². The van der Waals surface area contributed by atoms with Crippen molar-refractivity contribution in [1.29, 1.82) is 0 Å². The number of hydrogen-bond acceptors (Lipinski definition) is 5. The van der Waals surface area contributed by atoms with E-state index in [2.05, 4.69) is 169 Å². The van der Waals surface area contributed by atoms with E-state index in [4.69, 9.17) is 5.73 Å². The van der Waals surface area contributed by atoms with Crippen LogP contribution in [0.4, 0.5) is 0 Å². The van der Waals surface area contributed by atoms with Crippen LogP contribution >= 0.6 is 23.5 Å². The van der Waals surface area contributed by atoms with Crippen LogP contribution < -0.4 is 11.1 Å². The molecule has 6 aromatic carbocycles. The summed E-state index contributed by atoms with van der Waals surface area (Å²) in [5.74, 6) is 0.723. The van der Waals surface area contributed by atoms with E-state index in [0.717, 1.165) is 22.4 Å². The molecule has 3 nitrogen and oxygen atoms in total. The van der Waals surface area contributed by atoms with Crippen molar-refractivity contribution in [3.8, 4) is 0 Å². The molecule has 0 fully saturated rings. The van der Waals surface area contributed by atoms with E-state index < -0.39 is 14.4 Å². The first-order valence-corrected chi connectivity index (χ1v) is 18.5. The van der Waals surface area contributed by atoms with Gasteiger partial charge in [-0.2, -0.15) is 0 Å². The zero-order valence-corrected chi connectivity index (χ0v) is 29.4. The van der Waals surface area contributed by atoms with Gasteiger partial charge in [-0.15, -0.1) is 23.5 Å². The van der Waals surface area contributed by atoms with Crippen molar-refractivity contribution in [2.75, 3.05) is 18.8 Å². The molecule has 0 aliphatic rings. The van der Waals surface area contributed by atoms with Crippen LogP contribution in [0.2, 0.25) is 0 Å². The van der Waals surface area contributed by atoms with Crippen molar-refractivity contribution in [1.82, 2.24) is 5.32 Å². The number of thioether (sulfide) groups is 2. The minimum Gasteiger partial charge on any atom is -0.328 e. The number of benzene rings is 6. The molecule has 0 heterocycles. The van der Waals surface area contributed by atoms with Crippen LogP contribution in [0, 0.1) is 0 Å².